The summed E-state index contributed by atoms with van der Waals surface area (Å²) in [5.41, 5.74) is 0.771. The predicted molar refractivity (Wildman–Crippen MR) is 81.4 cm³/mol. The van der Waals surface area contributed by atoms with Crippen molar-refractivity contribution in [2.24, 2.45) is 0 Å². The molecule has 2 atom stereocenters. The second-order valence-corrected chi connectivity index (χ2v) is 5.41. The van der Waals surface area contributed by atoms with Crippen LogP contribution in [0.5, 0.6) is 5.75 Å². The number of alkyl halides is 1. The first-order valence-electron chi connectivity index (χ1n) is 6.59. The molecule has 0 spiro atoms. The highest BCUT2D eigenvalue weighted by Gasteiger charge is 2.49. The van der Waals surface area contributed by atoms with Gasteiger partial charge < -0.3 is 15.1 Å². The largest absolute Gasteiger partial charge is 0.508 e. The number of phenols is 1. The molecule has 6 heteroatoms. The number of carbonyl (C=O) groups is 2. The fourth-order valence-corrected chi connectivity index (χ4v) is 2.97. The van der Waals surface area contributed by atoms with Crippen LogP contribution in [0.2, 0.25) is 0 Å². The molecule has 2 unspecified atom stereocenters. The lowest BCUT2D eigenvalue weighted by molar-refractivity contribution is -0.123. The molecule has 22 heavy (non-hydrogen) atoms. The maximum atomic E-state index is 12.2. The number of anilines is 1. The van der Waals surface area contributed by atoms with Crippen molar-refractivity contribution in [2.75, 3.05) is 4.90 Å². The molecule has 1 aliphatic heterocycles. The minimum atomic E-state index is -1.13. The van der Waals surface area contributed by atoms with Crippen molar-refractivity contribution in [3.8, 4) is 5.75 Å². The van der Waals surface area contributed by atoms with Crippen molar-refractivity contribution < 1.29 is 19.8 Å². The number of β-lactam (4-membered cyclic amide) rings is 1. The number of benzene rings is 2. The normalized spacial score (nSPS) is 20.6. The first-order valence-corrected chi connectivity index (χ1v) is 7.03. The number of aromatic hydroxyl groups is 1. The van der Waals surface area contributed by atoms with Crippen LogP contribution in [0.25, 0.3) is 0 Å². The molecule has 3 rings (SSSR count). The zero-order valence-electron chi connectivity index (χ0n) is 11.3. The number of nitrogens with zero attached hydrogens (tertiary/aromatic N) is 1. The number of hydrogen-bond acceptors (Lipinski definition) is 3. The molecule has 0 aromatic heterocycles. The van der Waals surface area contributed by atoms with Crippen LogP contribution in [-0.2, 0) is 4.79 Å². The van der Waals surface area contributed by atoms with E-state index in [1.54, 1.807) is 36.4 Å². The smallest absolute Gasteiger partial charge is 0.337 e. The molecule has 1 heterocycles. The van der Waals surface area contributed by atoms with Gasteiger partial charge in [0.1, 0.15) is 11.1 Å². The first kappa shape index (κ1) is 14.4. The van der Waals surface area contributed by atoms with Crippen LogP contribution in [0.15, 0.2) is 48.5 Å². The Morgan fingerprint density at radius 2 is 1.73 bits per heavy atom. The highest BCUT2D eigenvalue weighted by Crippen LogP contribution is 2.45. The molecule has 0 bridgehead atoms. The number of carboxylic acids is 1. The van der Waals surface area contributed by atoms with E-state index in [9.17, 15) is 19.8 Å². The summed E-state index contributed by atoms with van der Waals surface area (Å²) < 4.78 is 0. The lowest BCUT2D eigenvalue weighted by Gasteiger charge is -2.45. The molecule has 1 aliphatic rings. The number of para-hydroxylation sites is 2. The Labute approximate surface area is 131 Å². The van der Waals surface area contributed by atoms with E-state index in [2.05, 4.69) is 0 Å². The van der Waals surface area contributed by atoms with E-state index < -0.39 is 17.4 Å². The summed E-state index contributed by atoms with van der Waals surface area (Å²) in [4.78, 5) is 24.8. The third-order valence-corrected chi connectivity index (χ3v) is 4.10. The van der Waals surface area contributed by atoms with Gasteiger partial charge in [0.05, 0.1) is 17.3 Å². The molecule has 112 valence electrons. The van der Waals surface area contributed by atoms with E-state index in [1.165, 1.54) is 17.0 Å². The Kier molecular flexibility index (Phi) is 3.50. The van der Waals surface area contributed by atoms with Gasteiger partial charge in [0.25, 0.3) is 0 Å². The molecule has 5 nitrogen and oxygen atoms in total. The fourth-order valence-electron chi connectivity index (χ4n) is 2.62. The molecule has 0 saturated carbocycles. The average molecular weight is 318 g/mol. The van der Waals surface area contributed by atoms with Gasteiger partial charge in [-0.3, -0.25) is 4.79 Å². The Bertz CT molecular complexity index is 761. The molecule has 2 N–H and O–H groups in total. The monoisotopic (exact) mass is 317 g/mol. The van der Waals surface area contributed by atoms with Crippen LogP contribution < -0.4 is 4.90 Å². The van der Waals surface area contributed by atoms with Gasteiger partial charge in [0.2, 0.25) is 5.91 Å². The number of carbonyl (C=O) groups excluding carboxylic acids is 1. The van der Waals surface area contributed by atoms with Crippen molar-refractivity contribution in [1.29, 1.82) is 0 Å². The lowest BCUT2D eigenvalue weighted by Crippen LogP contribution is -2.57. The topological polar surface area (TPSA) is 77.8 Å². The van der Waals surface area contributed by atoms with Gasteiger partial charge in [-0.1, -0.05) is 30.3 Å². The standard InChI is InChI=1S/C16H12ClNO4/c17-13-14(10-6-2-4-8-12(10)19)18(15(13)20)11-7-3-1-5-9(11)16(21)22/h1-8,13-14,19H,(H,21,22). The summed E-state index contributed by atoms with van der Waals surface area (Å²) >= 11 is 6.10. The highest BCUT2D eigenvalue weighted by atomic mass is 35.5. The number of hydrogen-bond donors (Lipinski definition) is 2. The quantitative estimate of drug-likeness (QED) is 0.674. The van der Waals surface area contributed by atoms with Crippen molar-refractivity contribution in [1.82, 2.24) is 0 Å². The number of amides is 1. The number of phenolic OH excluding ortho intramolecular Hbond substituents is 1. The molecule has 2 aromatic carbocycles. The second kappa shape index (κ2) is 5.35. The molecule has 1 saturated heterocycles. The van der Waals surface area contributed by atoms with Crippen LogP contribution in [0.3, 0.4) is 0 Å². The van der Waals surface area contributed by atoms with Crippen molar-refractivity contribution >= 4 is 29.2 Å². The molecule has 1 amide bonds. The van der Waals surface area contributed by atoms with Gasteiger partial charge in [0, 0.05) is 5.56 Å². The number of carboxylic acid groups (broad SMARTS) is 1. The minimum Gasteiger partial charge on any atom is -0.508 e. The molecule has 0 aliphatic carbocycles. The Hall–Kier alpha value is -2.53. The molecule has 2 aromatic rings. The van der Waals surface area contributed by atoms with Gasteiger partial charge in [-0.2, -0.15) is 0 Å². The van der Waals surface area contributed by atoms with Gasteiger partial charge in [-0.15, -0.1) is 11.6 Å². The van der Waals surface area contributed by atoms with E-state index in [4.69, 9.17) is 11.6 Å². The Morgan fingerprint density at radius 3 is 2.41 bits per heavy atom. The van der Waals surface area contributed by atoms with Crippen LogP contribution >= 0.6 is 11.6 Å². The minimum absolute atomic E-state index is 0.0137. The highest BCUT2D eigenvalue weighted by molar-refractivity contribution is 6.37. The van der Waals surface area contributed by atoms with E-state index >= 15 is 0 Å². The average Bonchev–Trinajstić information content (AvgIpc) is 2.52. The third-order valence-electron chi connectivity index (χ3n) is 3.68. The lowest BCUT2D eigenvalue weighted by atomic mass is 9.91. The van der Waals surface area contributed by atoms with Gasteiger partial charge in [-0.25, -0.2) is 4.79 Å². The first-order chi connectivity index (χ1) is 10.5. The maximum absolute atomic E-state index is 12.2. The van der Waals surface area contributed by atoms with Gasteiger partial charge in [-0.05, 0) is 18.2 Å². The zero-order valence-corrected chi connectivity index (χ0v) is 12.1. The summed E-state index contributed by atoms with van der Waals surface area (Å²) in [5, 5.41) is 18.4. The molecule has 1 fully saturated rings. The van der Waals surface area contributed by atoms with Crippen molar-refractivity contribution in [3.63, 3.8) is 0 Å². The van der Waals surface area contributed by atoms with Gasteiger partial charge >= 0.3 is 5.97 Å². The van der Waals surface area contributed by atoms with E-state index in [-0.39, 0.29) is 22.9 Å². The van der Waals surface area contributed by atoms with Crippen LogP contribution in [0.4, 0.5) is 5.69 Å². The Morgan fingerprint density at radius 1 is 1.09 bits per heavy atom. The van der Waals surface area contributed by atoms with Gasteiger partial charge in [0.15, 0.2) is 0 Å². The maximum Gasteiger partial charge on any atom is 0.337 e. The number of aromatic carboxylic acids is 1. The van der Waals surface area contributed by atoms with E-state index in [0.29, 0.717) is 5.56 Å². The summed E-state index contributed by atoms with van der Waals surface area (Å²) in [6, 6.07) is 12.2. The van der Waals surface area contributed by atoms with Crippen LogP contribution in [0.1, 0.15) is 22.0 Å². The van der Waals surface area contributed by atoms with Crippen LogP contribution in [0, 0.1) is 0 Å². The predicted octanol–water partition coefficient (Wildman–Crippen LogP) is 2.79. The third kappa shape index (κ3) is 2.10. The second-order valence-electron chi connectivity index (χ2n) is 4.94. The number of rotatable bonds is 3. The molecular weight excluding hydrogens is 306 g/mol. The Balaban J connectivity index is 2.09. The zero-order chi connectivity index (χ0) is 15.9. The summed E-state index contributed by atoms with van der Waals surface area (Å²) in [5.74, 6) is -1.50. The summed E-state index contributed by atoms with van der Waals surface area (Å²) in [7, 11) is 0. The van der Waals surface area contributed by atoms with Crippen molar-refractivity contribution in [3.05, 3.63) is 59.7 Å². The van der Waals surface area contributed by atoms with Crippen molar-refractivity contribution in [2.45, 2.75) is 11.4 Å². The summed E-state index contributed by atoms with van der Waals surface area (Å²) in [6.45, 7) is 0. The molecule has 0 radical (unpaired) electrons. The van der Waals surface area contributed by atoms with Crippen LogP contribution in [-0.4, -0.2) is 27.5 Å². The SMILES string of the molecule is O=C(O)c1ccccc1N1C(=O)C(Cl)C1c1ccccc1O. The van der Waals surface area contributed by atoms with E-state index in [1.807, 2.05) is 0 Å². The fraction of sp³-hybridized carbons (Fsp3) is 0.125. The number of halogens is 1. The summed E-state index contributed by atoms with van der Waals surface area (Å²) in [6.07, 6.45) is 0. The molecular formula is C16H12ClNO4. The van der Waals surface area contributed by atoms with E-state index in [0.717, 1.165) is 0 Å².